The van der Waals surface area contributed by atoms with Gasteiger partial charge in [0, 0.05) is 17.0 Å². The number of aryl methyl sites for hydroxylation is 3. The van der Waals surface area contributed by atoms with Crippen molar-refractivity contribution in [3.8, 4) is 11.3 Å². The zero-order valence-corrected chi connectivity index (χ0v) is 10.6. The molecule has 15 heavy (non-hydrogen) atoms. The molecular weight excluding hydrogens is 254 g/mol. The van der Waals surface area contributed by atoms with Crippen LogP contribution in [0.25, 0.3) is 11.3 Å². The van der Waals surface area contributed by atoms with Gasteiger partial charge in [-0.1, -0.05) is 28.1 Å². The molecule has 0 N–H and O–H groups in total. The largest absolute Gasteiger partial charge is 0.446 e. The summed E-state index contributed by atoms with van der Waals surface area (Å²) in [6.07, 6.45) is 0. The standard InChI is InChI=1S/C12H12BrNO/c1-7-4-5-10(6-11(7)13)12-8(2)15-9(3)14-12/h4-6H,1-3H3. The number of rotatable bonds is 1. The van der Waals surface area contributed by atoms with Crippen LogP contribution in [-0.2, 0) is 0 Å². The number of benzene rings is 1. The van der Waals surface area contributed by atoms with E-state index >= 15 is 0 Å². The summed E-state index contributed by atoms with van der Waals surface area (Å²) in [6.45, 7) is 5.86. The number of halogens is 1. The minimum Gasteiger partial charge on any atom is -0.446 e. The summed E-state index contributed by atoms with van der Waals surface area (Å²) in [7, 11) is 0. The van der Waals surface area contributed by atoms with Gasteiger partial charge in [-0.25, -0.2) is 4.98 Å². The molecule has 3 heteroatoms. The smallest absolute Gasteiger partial charge is 0.191 e. The van der Waals surface area contributed by atoms with Gasteiger partial charge in [0.15, 0.2) is 5.89 Å². The van der Waals surface area contributed by atoms with E-state index in [1.165, 1.54) is 5.56 Å². The molecule has 0 bridgehead atoms. The van der Waals surface area contributed by atoms with Crippen molar-refractivity contribution in [2.45, 2.75) is 20.8 Å². The fourth-order valence-electron chi connectivity index (χ4n) is 1.54. The zero-order valence-electron chi connectivity index (χ0n) is 8.97. The highest BCUT2D eigenvalue weighted by Gasteiger charge is 2.09. The first-order chi connectivity index (χ1) is 7.08. The van der Waals surface area contributed by atoms with Crippen LogP contribution in [-0.4, -0.2) is 4.98 Å². The molecule has 0 unspecified atom stereocenters. The van der Waals surface area contributed by atoms with Gasteiger partial charge in [-0.15, -0.1) is 0 Å². The second-order valence-electron chi connectivity index (χ2n) is 3.60. The molecule has 0 spiro atoms. The van der Waals surface area contributed by atoms with E-state index in [2.05, 4.69) is 46.0 Å². The van der Waals surface area contributed by atoms with E-state index < -0.39 is 0 Å². The van der Waals surface area contributed by atoms with Gasteiger partial charge in [-0.05, 0) is 25.5 Å². The number of hydrogen-bond acceptors (Lipinski definition) is 2. The Hall–Kier alpha value is -1.09. The Labute approximate surface area is 97.5 Å². The topological polar surface area (TPSA) is 26.0 Å². The predicted octanol–water partition coefficient (Wildman–Crippen LogP) is 4.03. The number of aromatic nitrogens is 1. The van der Waals surface area contributed by atoms with E-state index in [1.807, 2.05) is 13.8 Å². The Morgan fingerprint density at radius 3 is 2.47 bits per heavy atom. The van der Waals surface area contributed by atoms with Crippen LogP contribution in [0.5, 0.6) is 0 Å². The summed E-state index contributed by atoms with van der Waals surface area (Å²) in [4.78, 5) is 4.36. The Balaban J connectivity index is 2.54. The summed E-state index contributed by atoms with van der Waals surface area (Å²) >= 11 is 3.52. The highest BCUT2D eigenvalue weighted by molar-refractivity contribution is 9.10. The van der Waals surface area contributed by atoms with Gasteiger partial charge < -0.3 is 4.42 Å². The summed E-state index contributed by atoms with van der Waals surface area (Å²) in [5.74, 6) is 1.57. The van der Waals surface area contributed by atoms with E-state index in [1.54, 1.807) is 0 Å². The van der Waals surface area contributed by atoms with E-state index in [-0.39, 0.29) is 0 Å². The van der Waals surface area contributed by atoms with Crippen molar-refractivity contribution in [3.63, 3.8) is 0 Å². The van der Waals surface area contributed by atoms with Crippen LogP contribution in [0.3, 0.4) is 0 Å². The van der Waals surface area contributed by atoms with Gasteiger partial charge in [-0.3, -0.25) is 0 Å². The maximum atomic E-state index is 5.41. The van der Waals surface area contributed by atoms with Crippen LogP contribution in [0.1, 0.15) is 17.2 Å². The van der Waals surface area contributed by atoms with E-state index in [4.69, 9.17) is 4.42 Å². The molecule has 0 aliphatic rings. The summed E-state index contributed by atoms with van der Waals surface area (Å²) in [5.41, 5.74) is 3.23. The lowest BCUT2D eigenvalue weighted by Gasteiger charge is -2.01. The molecule has 2 nitrogen and oxygen atoms in total. The molecule has 0 aliphatic heterocycles. The SMILES string of the molecule is Cc1nc(-c2ccc(C)c(Br)c2)c(C)o1. The average Bonchev–Trinajstić information content (AvgIpc) is 2.50. The molecule has 2 rings (SSSR count). The molecule has 0 amide bonds. The minimum absolute atomic E-state index is 0.708. The van der Waals surface area contributed by atoms with Gasteiger partial charge in [-0.2, -0.15) is 0 Å². The van der Waals surface area contributed by atoms with Crippen molar-refractivity contribution in [2.75, 3.05) is 0 Å². The van der Waals surface area contributed by atoms with Crippen LogP contribution in [0.4, 0.5) is 0 Å². The summed E-state index contributed by atoms with van der Waals surface area (Å²) in [6, 6.07) is 6.20. The molecule has 78 valence electrons. The van der Waals surface area contributed by atoms with E-state index in [0.717, 1.165) is 21.5 Å². The van der Waals surface area contributed by atoms with Crippen LogP contribution in [0, 0.1) is 20.8 Å². The molecule has 0 saturated carbocycles. The third-order valence-electron chi connectivity index (χ3n) is 2.35. The molecule has 1 aromatic heterocycles. The minimum atomic E-state index is 0.708. The van der Waals surface area contributed by atoms with Crippen molar-refractivity contribution >= 4 is 15.9 Å². The Morgan fingerprint density at radius 1 is 1.20 bits per heavy atom. The Morgan fingerprint density at radius 2 is 1.93 bits per heavy atom. The second-order valence-corrected chi connectivity index (χ2v) is 4.46. The van der Waals surface area contributed by atoms with Gasteiger partial charge >= 0.3 is 0 Å². The molecule has 0 aliphatic carbocycles. The number of nitrogens with zero attached hydrogens (tertiary/aromatic N) is 1. The monoisotopic (exact) mass is 265 g/mol. The second kappa shape index (κ2) is 3.81. The number of oxazole rings is 1. The molecule has 2 aromatic rings. The van der Waals surface area contributed by atoms with Gasteiger partial charge in [0.05, 0.1) is 0 Å². The van der Waals surface area contributed by atoms with Gasteiger partial charge in [0.2, 0.25) is 0 Å². The fourth-order valence-corrected chi connectivity index (χ4v) is 1.92. The molecular formula is C12H12BrNO. The van der Waals surface area contributed by atoms with Crippen molar-refractivity contribution in [3.05, 3.63) is 39.9 Å². The molecule has 1 aromatic carbocycles. The van der Waals surface area contributed by atoms with Crippen LogP contribution in [0.2, 0.25) is 0 Å². The Kier molecular flexibility index (Phi) is 2.65. The quantitative estimate of drug-likeness (QED) is 0.778. The van der Waals surface area contributed by atoms with Gasteiger partial charge in [0.1, 0.15) is 11.5 Å². The van der Waals surface area contributed by atoms with E-state index in [0.29, 0.717) is 5.89 Å². The third kappa shape index (κ3) is 1.97. The van der Waals surface area contributed by atoms with Crippen molar-refractivity contribution < 1.29 is 4.42 Å². The maximum Gasteiger partial charge on any atom is 0.191 e. The lowest BCUT2D eigenvalue weighted by Crippen LogP contribution is -1.83. The molecule has 0 saturated heterocycles. The molecule has 0 atom stereocenters. The lowest BCUT2D eigenvalue weighted by atomic mass is 10.1. The number of hydrogen-bond donors (Lipinski definition) is 0. The van der Waals surface area contributed by atoms with Crippen LogP contribution < -0.4 is 0 Å². The first-order valence-corrected chi connectivity index (χ1v) is 5.58. The highest BCUT2D eigenvalue weighted by atomic mass is 79.9. The van der Waals surface area contributed by atoms with Crippen LogP contribution >= 0.6 is 15.9 Å². The first-order valence-electron chi connectivity index (χ1n) is 4.78. The highest BCUT2D eigenvalue weighted by Crippen LogP contribution is 2.27. The molecule has 1 heterocycles. The van der Waals surface area contributed by atoms with Crippen molar-refractivity contribution in [1.82, 2.24) is 4.98 Å². The predicted molar refractivity (Wildman–Crippen MR) is 63.9 cm³/mol. The fraction of sp³-hybridized carbons (Fsp3) is 0.250. The summed E-state index contributed by atoms with van der Waals surface area (Å²) in [5, 5.41) is 0. The normalized spacial score (nSPS) is 10.7. The van der Waals surface area contributed by atoms with Crippen molar-refractivity contribution in [1.29, 1.82) is 0 Å². The third-order valence-corrected chi connectivity index (χ3v) is 3.20. The molecule has 0 fully saturated rings. The first kappa shape index (κ1) is 10.4. The average molecular weight is 266 g/mol. The zero-order chi connectivity index (χ0) is 11.0. The van der Waals surface area contributed by atoms with Gasteiger partial charge in [0.25, 0.3) is 0 Å². The maximum absolute atomic E-state index is 5.41. The summed E-state index contributed by atoms with van der Waals surface area (Å²) < 4.78 is 6.51. The lowest BCUT2D eigenvalue weighted by molar-refractivity contribution is 0.495. The van der Waals surface area contributed by atoms with Crippen molar-refractivity contribution in [2.24, 2.45) is 0 Å². The van der Waals surface area contributed by atoms with E-state index in [9.17, 15) is 0 Å². The molecule has 0 radical (unpaired) electrons. The van der Waals surface area contributed by atoms with Crippen LogP contribution in [0.15, 0.2) is 27.1 Å². The Bertz CT molecular complexity index is 502.